The van der Waals surface area contributed by atoms with Gasteiger partial charge in [-0.3, -0.25) is 4.79 Å². The Bertz CT molecular complexity index is 417. The normalized spacial score (nSPS) is 14.1. The SMILES string of the molecule is CNC(C)(COc1ccc(C)cc1C)C(=O)O. The quantitative estimate of drug-likeness (QED) is 0.819. The zero-order valence-corrected chi connectivity index (χ0v) is 10.7. The van der Waals surface area contributed by atoms with Gasteiger partial charge in [-0.05, 0) is 39.4 Å². The van der Waals surface area contributed by atoms with Gasteiger partial charge >= 0.3 is 5.97 Å². The molecule has 4 heteroatoms. The van der Waals surface area contributed by atoms with Crippen LogP contribution in [0.5, 0.6) is 5.75 Å². The minimum Gasteiger partial charge on any atom is -0.491 e. The number of aliphatic carboxylic acids is 1. The lowest BCUT2D eigenvalue weighted by molar-refractivity contribution is -0.145. The summed E-state index contributed by atoms with van der Waals surface area (Å²) in [6.45, 7) is 5.63. The van der Waals surface area contributed by atoms with Crippen molar-refractivity contribution in [1.82, 2.24) is 5.32 Å². The predicted octanol–water partition coefficient (Wildman–Crippen LogP) is 1.74. The summed E-state index contributed by atoms with van der Waals surface area (Å²) in [6.07, 6.45) is 0. The summed E-state index contributed by atoms with van der Waals surface area (Å²) in [5.41, 5.74) is 1.09. The molecule has 1 aromatic rings. The average Bonchev–Trinajstić information content (AvgIpc) is 2.27. The molecule has 94 valence electrons. The van der Waals surface area contributed by atoms with Crippen molar-refractivity contribution < 1.29 is 14.6 Å². The van der Waals surface area contributed by atoms with Crippen LogP contribution in [0, 0.1) is 13.8 Å². The molecule has 0 aliphatic rings. The molecule has 0 aliphatic heterocycles. The number of hydrogen-bond donors (Lipinski definition) is 2. The first-order chi connectivity index (χ1) is 7.89. The topological polar surface area (TPSA) is 58.6 Å². The number of hydrogen-bond acceptors (Lipinski definition) is 3. The van der Waals surface area contributed by atoms with Crippen LogP contribution in [0.3, 0.4) is 0 Å². The highest BCUT2D eigenvalue weighted by Gasteiger charge is 2.32. The molecule has 4 nitrogen and oxygen atoms in total. The van der Waals surface area contributed by atoms with Gasteiger partial charge in [0.15, 0.2) is 0 Å². The summed E-state index contributed by atoms with van der Waals surface area (Å²) in [5, 5.41) is 11.8. The third-order valence-electron chi connectivity index (χ3n) is 2.87. The van der Waals surface area contributed by atoms with Crippen LogP contribution in [0.15, 0.2) is 18.2 Å². The van der Waals surface area contributed by atoms with Crippen molar-refractivity contribution in [2.75, 3.05) is 13.7 Å². The van der Waals surface area contributed by atoms with Gasteiger partial charge in [-0.25, -0.2) is 0 Å². The number of carbonyl (C=O) groups is 1. The van der Waals surface area contributed by atoms with Crippen LogP contribution in [-0.4, -0.2) is 30.3 Å². The van der Waals surface area contributed by atoms with Crippen LogP contribution in [0.25, 0.3) is 0 Å². The Morgan fingerprint density at radius 3 is 2.59 bits per heavy atom. The molecule has 0 fully saturated rings. The number of rotatable bonds is 5. The van der Waals surface area contributed by atoms with Crippen molar-refractivity contribution >= 4 is 5.97 Å². The van der Waals surface area contributed by atoms with Gasteiger partial charge in [0.1, 0.15) is 17.9 Å². The van der Waals surface area contributed by atoms with Crippen LogP contribution in [-0.2, 0) is 4.79 Å². The van der Waals surface area contributed by atoms with Crippen LogP contribution in [0.2, 0.25) is 0 Å². The second-order valence-electron chi connectivity index (χ2n) is 4.44. The number of nitrogens with one attached hydrogen (secondary N) is 1. The first-order valence-corrected chi connectivity index (χ1v) is 5.51. The lowest BCUT2D eigenvalue weighted by atomic mass is 10.1. The van der Waals surface area contributed by atoms with E-state index in [1.165, 1.54) is 0 Å². The van der Waals surface area contributed by atoms with Crippen molar-refractivity contribution in [3.05, 3.63) is 29.3 Å². The largest absolute Gasteiger partial charge is 0.491 e. The van der Waals surface area contributed by atoms with Gasteiger partial charge < -0.3 is 15.2 Å². The van der Waals surface area contributed by atoms with Crippen LogP contribution < -0.4 is 10.1 Å². The van der Waals surface area contributed by atoms with Crippen molar-refractivity contribution in [3.63, 3.8) is 0 Å². The molecule has 0 spiro atoms. The van der Waals surface area contributed by atoms with Crippen molar-refractivity contribution in [2.24, 2.45) is 0 Å². The molecular formula is C13H19NO3. The number of likely N-dealkylation sites (N-methyl/N-ethyl adjacent to an activating group) is 1. The Morgan fingerprint density at radius 2 is 2.12 bits per heavy atom. The van der Waals surface area contributed by atoms with E-state index in [1.54, 1.807) is 14.0 Å². The van der Waals surface area contributed by atoms with E-state index in [2.05, 4.69) is 5.32 Å². The molecule has 17 heavy (non-hydrogen) atoms. The predicted molar refractivity (Wildman–Crippen MR) is 66.5 cm³/mol. The smallest absolute Gasteiger partial charge is 0.327 e. The molecule has 2 N–H and O–H groups in total. The second kappa shape index (κ2) is 5.19. The highest BCUT2D eigenvalue weighted by molar-refractivity contribution is 5.78. The Balaban J connectivity index is 2.76. The van der Waals surface area contributed by atoms with E-state index in [0.29, 0.717) is 0 Å². The van der Waals surface area contributed by atoms with E-state index in [4.69, 9.17) is 9.84 Å². The Morgan fingerprint density at radius 1 is 1.47 bits per heavy atom. The summed E-state index contributed by atoms with van der Waals surface area (Å²) in [7, 11) is 1.61. The second-order valence-corrected chi connectivity index (χ2v) is 4.44. The van der Waals surface area contributed by atoms with E-state index in [-0.39, 0.29) is 6.61 Å². The van der Waals surface area contributed by atoms with Gasteiger partial charge in [0, 0.05) is 0 Å². The standard InChI is InChI=1S/C13H19NO3/c1-9-5-6-11(10(2)7-9)17-8-13(3,14-4)12(15)16/h5-7,14H,8H2,1-4H3,(H,15,16). The Hall–Kier alpha value is -1.55. The number of benzene rings is 1. The van der Waals surface area contributed by atoms with Gasteiger partial charge in [0.05, 0.1) is 0 Å². The third kappa shape index (κ3) is 3.20. The highest BCUT2D eigenvalue weighted by Crippen LogP contribution is 2.20. The average molecular weight is 237 g/mol. The van der Waals surface area contributed by atoms with E-state index >= 15 is 0 Å². The first kappa shape index (κ1) is 13.5. The van der Waals surface area contributed by atoms with Crippen molar-refractivity contribution in [2.45, 2.75) is 26.3 Å². The van der Waals surface area contributed by atoms with E-state index in [0.717, 1.165) is 16.9 Å². The van der Waals surface area contributed by atoms with E-state index in [9.17, 15) is 4.79 Å². The van der Waals surface area contributed by atoms with Crippen LogP contribution in [0.1, 0.15) is 18.1 Å². The highest BCUT2D eigenvalue weighted by atomic mass is 16.5. The Labute approximate surface area is 102 Å². The van der Waals surface area contributed by atoms with Crippen molar-refractivity contribution in [3.8, 4) is 5.75 Å². The number of carboxylic acid groups (broad SMARTS) is 1. The maximum absolute atomic E-state index is 11.1. The monoisotopic (exact) mass is 237 g/mol. The van der Waals surface area contributed by atoms with Crippen molar-refractivity contribution in [1.29, 1.82) is 0 Å². The van der Waals surface area contributed by atoms with Crippen LogP contribution >= 0.6 is 0 Å². The van der Waals surface area contributed by atoms with Gasteiger partial charge in [-0.1, -0.05) is 17.7 Å². The van der Waals surface area contributed by atoms with Gasteiger partial charge in [0.2, 0.25) is 0 Å². The molecule has 0 saturated carbocycles. The minimum atomic E-state index is -1.07. The molecule has 0 aliphatic carbocycles. The van der Waals surface area contributed by atoms with Gasteiger partial charge in [-0.2, -0.15) is 0 Å². The summed E-state index contributed by atoms with van der Waals surface area (Å²) < 4.78 is 5.57. The molecule has 0 amide bonds. The fourth-order valence-corrected chi connectivity index (χ4v) is 1.42. The summed E-state index contributed by atoms with van der Waals surface area (Å²) in [6, 6.07) is 5.81. The van der Waals surface area contributed by atoms with E-state index in [1.807, 2.05) is 32.0 Å². The molecule has 1 aromatic carbocycles. The van der Waals surface area contributed by atoms with E-state index < -0.39 is 11.5 Å². The Kier molecular flexibility index (Phi) is 4.12. The molecule has 1 unspecified atom stereocenters. The number of aryl methyl sites for hydroxylation is 2. The lowest BCUT2D eigenvalue weighted by Gasteiger charge is -2.24. The van der Waals surface area contributed by atoms with Gasteiger partial charge in [0.25, 0.3) is 0 Å². The molecule has 0 bridgehead atoms. The zero-order valence-electron chi connectivity index (χ0n) is 10.7. The zero-order chi connectivity index (χ0) is 13.1. The summed E-state index contributed by atoms with van der Waals surface area (Å²) in [4.78, 5) is 11.1. The minimum absolute atomic E-state index is 0.0860. The summed E-state index contributed by atoms with van der Waals surface area (Å²) >= 11 is 0. The molecule has 0 saturated heterocycles. The number of ether oxygens (including phenoxy) is 1. The van der Waals surface area contributed by atoms with Gasteiger partial charge in [-0.15, -0.1) is 0 Å². The molecular weight excluding hydrogens is 218 g/mol. The fraction of sp³-hybridized carbons (Fsp3) is 0.462. The molecule has 1 atom stereocenters. The maximum atomic E-state index is 11.1. The summed E-state index contributed by atoms with van der Waals surface area (Å²) in [5.74, 6) is -0.205. The molecule has 1 rings (SSSR count). The molecule has 0 aromatic heterocycles. The number of carboxylic acids is 1. The third-order valence-corrected chi connectivity index (χ3v) is 2.87. The lowest BCUT2D eigenvalue weighted by Crippen LogP contribution is -2.52. The fourth-order valence-electron chi connectivity index (χ4n) is 1.42. The maximum Gasteiger partial charge on any atom is 0.327 e. The molecule has 0 radical (unpaired) electrons. The molecule has 0 heterocycles. The first-order valence-electron chi connectivity index (χ1n) is 5.51. The van der Waals surface area contributed by atoms with Crippen LogP contribution in [0.4, 0.5) is 0 Å².